The minimum absolute atomic E-state index is 0.0381. The maximum Gasteiger partial charge on any atom is 0.330 e. The number of ether oxygens (including phenoxy) is 1. The molecule has 0 amide bonds. The molecule has 3 rings (SSSR count). The lowest BCUT2D eigenvalue weighted by Gasteiger charge is -2.47. The summed E-state index contributed by atoms with van der Waals surface area (Å²) in [5.74, 6) is 0.225. The van der Waals surface area contributed by atoms with Gasteiger partial charge in [-0.25, -0.2) is 8.98 Å². The van der Waals surface area contributed by atoms with Crippen LogP contribution in [0.1, 0.15) is 60.3 Å². The molecule has 2 aliphatic rings. The molecule has 0 aromatic carbocycles. The number of hydrogen-bond donors (Lipinski definition) is 2. The molecule has 1 spiro atoms. The summed E-state index contributed by atoms with van der Waals surface area (Å²) in [4.78, 5) is 27.6. The summed E-state index contributed by atoms with van der Waals surface area (Å²) in [5, 5.41) is 0.467. The van der Waals surface area contributed by atoms with Crippen molar-refractivity contribution in [3.63, 3.8) is 0 Å². The first-order valence-corrected chi connectivity index (χ1v) is 20.9. The normalized spacial score (nSPS) is 27.5. The Balaban J connectivity index is 2.26. The van der Waals surface area contributed by atoms with Crippen molar-refractivity contribution in [2.45, 2.75) is 116 Å². The van der Waals surface area contributed by atoms with E-state index >= 15 is 0 Å². The van der Waals surface area contributed by atoms with Crippen molar-refractivity contribution < 1.29 is 26.2 Å². The predicted octanol–water partition coefficient (Wildman–Crippen LogP) is 3.69. The lowest BCUT2D eigenvalue weighted by molar-refractivity contribution is -0.0563. The average molecular weight is 618 g/mol. The van der Waals surface area contributed by atoms with E-state index in [9.17, 15) is 18.0 Å². The van der Waals surface area contributed by atoms with Crippen molar-refractivity contribution in [2.75, 3.05) is 6.61 Å². The molecule has 0 unspecified atom stereocenters. The van der Waals surface area contributed by atoms with Crippen molar-refractivity contribution in [3.8, 4) is 0 Å². The number of aromatic amines is 1. The van der Waals surface area contributed by atoms with Gasteiger partial charge < -0.3 is 19.3 Å². The van der Waals surface area contributed by atoms with Crippen LogP contribution >= 0.6 is 0 Å². The zero-order chi connectivity index (χ0) is 30.9. The fraction of sp³-hybridized carbons (Fsp3) is 0.769. The van der Waals surface area contributed by atoms with Crippen LogP contribution in [0.15, 0.2) is 26.9 Å². The topological polar surface area (TPSA) is 152 Å². The maximum atomic E-state index is 13.1. The molecule has 4 atom stereocenters. The van der Waals surface area contributed by atoms with Crippen molar-refractivity contribution in [1.82, 2.24) is 9.55 Å². The third kappa shape index (κ3) is 5.60. The Bertz CT molecular complexity index is 1390. The number of aryl methyl sites for hydroxylation is 1. The molecule has 0 radical (unpaired) electrons. The van der Waals surface area contributed by atoms with Crippen LogP contribution < -0.4 is 17.0 Å². The van der Waals surface area contributed by atoms with E-state index in [-0.39, 0.29) is 33.9 Å². The van der Waals surface area contributed by atoms with Gasteiger partial charge in [0.2, 0.25) is 0 Å². The fourth-order valence-electron chi connectivity index (χ4n) is 4.66. The summed E-state index contributed by atoms with van der Waals surface area (Å²) < 4.78 is 52.8. The number of rotatable bonds is 8. The van der Waals surface area contributed by atoms with E-state index in [1.54, 1.807) is 6.92 Å². The highest BCUT2D eigenvalue weighted by Gasteiger charge is 2.67. The molecule has 1 fully saturated rings. The Kier molecular flexibility index (Phi) is 8.50. The summed E-state index contributed by atoms with van der Waals surface area (Å²) in [6, 6.07) is 0. The van der Waals surface area contributed by atoms with Gasteiger partial charge in [0, 0.05) is 11.8 Å². The van der Waals surface area contributed by atoms with Gasteiger partial charge >= 0.3 is 5.69 Å². The molecule has 228 valence electrons. The van der Waals surface area contributed by atoms with Gasteiger partial charge in [0.15, 0.2) is 28.5 Å². The van der Waals surface area contributed by atoms with Gasteiger partial charge in [-0.05, 0) is 49.1 Å². The number of aromatic nitrogens is 2. The molecular weight excluding hydrogens is 571 g/mol. The highest BCUT2D eigenvalue weighted by Crippen LogP contribution is 2.53. The first kappa shape index (κ1) is 33.0. The molecule has 1 saturated heterocycles. The van der Waals surface area contributed by atoms with E-state index in [4.69, 9.17) is 23.5 Å². The largest absolute Gasteiger partial charge is 0.414 e. The minimum Gasteiger partial charge on any atom is -0.414 e. The van der Waals surface area contributed by atoms with E-state index < -0.39 is 62.0 Å². The van der Waals surface area contributed by atoms with Gasteiger partial charge in [-0.15, -0.1) is 0 Å². The monoisotopic (exact) mass is 617 g/mol. The summed E-state index contributed by atoms with van der Waals surface area (Å²) in [7, 11) is -9.25. The Labute approximate surface area is 239 Å². The van der Waals surface area contributed by atoms with Gasteiger partial charge in [0.25, 0.3) is 15.7 Å². The summed E-state index contributed by atoms with van der Waals surface area (Å²) in [6.07, 6.45) is -1.95. The van der Waals surface area contributed by atoms with Crippen molar-refractivity contribution in [1.29, 1.82) is 0 Å². The van der Waals surface area contributed by atoms with Crippen LogP contribution in [0.5, 0.6) is 0 Å². The molecule has 2 aliphatic heterocycles. The van der Waals surface area contributed by atoms with E-state index in [0.29, 0.717) is 0 Å². The van der Waals surface area contributed by atoms with Crippen LogP contribution in [0.2, 0.25) is 36.3 Å². The van der Waals surface area contributed by atoms with Gasteiger partial charge in [0.05, 0.1) is 17.7 Å². The Morgan fingerprint density at radius 2 is 1.70 bits per heavy atom. The van der Waals surface area contributed by atoms with Crippen molar-refractivity contribution in [3.05, 3.63) is 43.7 Å². The second-order valence-corrected chi connectivity index (χ2v) is 24.7. The third-order valence-corrected chi connectivity index (χ3v) is 19.8. The highest BCUT2D eigenvalue weighted by molar-refractivity contribution is 7.90. The molecule has 3 heterocycles. The quantitative estimate of drug-likeness (QED) is 0.329. The molecule has 40 heavy (non-hydrogen) atoms. The van der Waals surface area contributed by atoms with Crippen LogP contribution in [-0.2, 0) is 27.9 Å². The number of nitrogens with two attached hydrogens (primary N) is 1. The van der Waals surface area contributed by atoms with Gasteiger partial charge in [-0.3, -0.25) is 14.3 Å². The second kappa shape index (κ2) is 10.3. The fourth-order valence-corrected chi connectivity index (χ4v) is 9.51. The Morgan fingerprint density at radius 1 is 1.12 bits per heavy atom. The third-order valence-electron chi connectivity index (χ3n) is 9.68. The van der Waals surface area contributed by atoms with E-state index in [1.165, 1.54) is 10.8 Å². The molecule has 0 bridgehead atoms. The zero-order valence-electron chi connectivity index (χ0n) is 25.9. The van der Waals surface area contributed by atoms with E-state index in [0.717, 1.165) is 5.41 Å². The molecule has 3 N–H and O–H groups in total. The van der Waals surface area contributed by atoms with Crippen LogP contribution in [0.3, 0.4) is 0 Å². The standard InChI is InChI=1S/C26H47N3O8SSi2/c1-16(2)25(7,8)40(11,12)36-20-22(29-13-17(3)21(30)28-23(29)31)35-19(14-34-39(9,10)24(4,5)6)26(20)18(27)15-38(32,33)37-26/h13,15-16,19-20,22H,14,27H2,1-12H3,(H,28,30,31)/t19-,20+,22-,26-/m1/s1. The van der Waals surface area contributed by atoms with Crippen LogP contribution in [0.25, 0.3) is 0 Å². The molecule has 0 saturated carbocycles. The van der Waals surface area contributed by atoms with Crippen LogP contribution in [0.4, 0.5) is 0 Å². The molecular formula is C26H47N3O8SSi2. The average Bonchev–Trinajstić information content (AvgIpc) is 3.20. The highest BCUT2D eigenvalue weighted by atomic mass is 32.2. The molecule has 1 aromatic rings. The SMILES string of the molecule is Cc1cn([C@@H]2O[C@H](CO[Si](C)(C)C(C)(C)C)[C@@]3(OS(=O)(=O)C=C3N)[C@H]2O[Si](C)(C)C(C)(C)C(C)C)c(=O)[nH]c1=O. The summed E-state index contributed by atoms with van der Waals surface area (Å²) in [5.41, 5.74) is 3.66. The second-order valence-electron chi connectivity index (χ2n) is 13.9. The molecule has 1 aromatic heterocycles. The number of nitrogens with zero attached hydrogens (tertiary/aromatic N) is 1. The van der Waals surface area contributed by atoms with Crippen LogP contribution in [0, 0.1) is 12.8 Å². The van der Waals surface area contributed by atoms with E-state index in [1.807, 2.05) is 13.1 Å². The number of H-pyrrole nitrogens is 1. The number of nitrogens with one attached hydrogen (secondary N) is 1. The van der Waals surface area contributed by atoms with Crippen molar-refractivity contribution >= 4 is 26.8 Å². The lowest BCUT2D eigenvalue weighted by Crippen LogP contribution is -2.60. The summed E-state index contributed by atoms with van der Waals surface area (Å²) in [6.45, 7) is 24.5. The molecule has 0 aliphatic carbocycles. The molecule has 11 nitrogen and oxygen atoms in total. The first-order valence-electron chi connectivity index (χ1n) is 13.6. The Morgan fingerprint density at radius 3 is 2.17 bits per heavy atom. The van der Waals surface area contributed by atoms with Gasteiger partial charge in [0.1, 0.15) is 12.2 Å². The smallest absolute Gasteiger partial charge is 0.330 e. The van der Waals surface area contributed by atoms with Gasteiger partial charge in [-0.1, -0.05) is 48.5 Å². The summed E-state index contributed by atoms with van der Waals surface area (Å²) >= 11 is 0. The lowest BCUT2D eigenvalue weighted by atomic mass is 9.89. The van der Waals surface area contributed by atoms with Crippen LogP contribution in [-0.4, -0.2) is 59.0 Å². The predicted molar refractivity (Wildman–Crippen MR) is 159 cm³/mol. The number of hydrogen-bond acceptors (Lipinski definition) is 9. The zero-order valence-corrected chi connectivity index (χ0v) is 28.7. The minimum atomic E-state index is -4.19. The van der Waals surface area contributed by atoms with Gasteiger partial charge in [-0.2, -0.15) is 8.42 Å². The van der Waals surface area contributed by atoms with E-state index in [2.05, 4.69) is 66.5 Å². The maximum absolute atomic E-state index is 13.1. The van der Waals surface area contributed by atoms with Crippen molar-refractivity contribution in [2.24, 2.45) is 11.7 Å². The first-order chi connectivity index (χ1) is 17.9. The molecule has 14 heteroatoms. The Hall–Kier alpha value is -1.56.